The summed E-state index contributed by atoms with van der Waals surface area (Å²) < 4.78 is 0. The van der Waals surface area contributed by atoms with Crippen LogP contribution in [0, 0.1) is 0 Å². The molecule has 0 saturated heterocycles. The Kier molecular flexibility index (Phi) is 5.92. The van der Waals surface area contributed by atoms with Gasteiger partial charge in [-0.15, -0.1) is 0 Å². The molecule has 8 heteroatoms. The second-order valence-electron chi connectivity index (χ2n) is 5.83. The van der Waals surface area contributed by atoms with Gasteiger partial charge in [0.25, 0.3) is 0 Å². The van der Waals surface area contributed by atoms with Gasteiger partial charge in [0.1, 0.15) is 0 Å². The second kappa shape index (κ2) is 8.13. The van der Waals surface area contributed by atoms with E-state index >= 15 is 0 Å². The zero-order valence-corrected chi connectivity index (χ0v) is 14.7. The van der Waals surface area contributed by atoms with Crippen molar-refractivity contribution >= 4 is 35.1 Å². The molecule has 0 aliphatic carbocycles. The van der Waals surface area contributed by atoms with E-state index < -0.39 is 23.8 Å². The van der Waals surface area contributed by atoms with Crippen molar-refractivity contribution in [2.24, 2.45) is 0 Å². The van der Waals surface area contributed by atoms with Crippen molar-refractivity contribution in [2.75, 3.05) is 10.6 Å². The number of carbonyl (C=O) groups is 4. The molecule has 0 unspecified atom stereocenters. The van der Waals surface area contributed by atoms with Crippen LogP contribution in [0.2, 0.25) is 0 Å². The number of hydrogen-bond acceptors (Lipinski definition) is 4. The van der Waals surface area contributed by atoms with E-state index in [1.165, 1.54) is 38.1 Å². The summed E-state index contributed by atoms with van der Waals surface area (Å²) in [5.74, 6) is -3.29. The van der Waals surface area contributed by atoms with Crippen LogP contribution in [0.1, 0.15) is 45.7 Å². The molecule has 0 aliphatic heterocycles. The minimum absolute atomic E-state index is 0.0850. The lowest BCUT2D eigenvalue weighted by atomic mass is 9.96. The maximum absolute atomic E-state index is 11.5. The highest BCUT2D eigenvalue weighted by Crippen LogP contribution is 2.29. The number of carboxylic acids is 2. The highest BCUT2D eigenvalue weighted by Gasteiger charge is 2.19. The van der Waals surface area contributed by atoms with E-state index in [2.05, 4.69) is 10.6 Å². The Bertz CT molecular complexity index is 860. The summed E-state index contributed by atoms with van der Waals surface area (Å²) in [5.41, 5.74) is 1.04. The molecule has 0 bridgehead atoms. The van der Waals surface area contributed by atoms with Crippen LogP contribution in [-0.4, -0.2) is 34.0 Å². The fourth-order valence-corrected chi connectivity index (χ4v) is 2.70. The van der Waals surface area contributed by atoms with Crippen molar-refractivity contribution in [3.63, 3.8) is 0 Å². The average Bonchev–Trinajstić information content (AvgIpc) is 2.56. The predicted molar refractivity (Wildman–Crippen MR) is 98.2 cm³/mol. The Labute approximate surface area is 154 Å². The summed E-state index contributed by atoms with van der Waals surface area (Å²) in [4.78, 5) is 46.0. The van der Waals surface area contributed by atoms with E-state index in [1.807, 2.05) is 0 Å². The molecule has 2 rings (SSSR count). The zero-order valence-electron chi connectivity index (χ0n) is 14.7. The van der Waals surface area contributed by atoms with Gasteiger partial charge in [-0.25, -0.2) is 9.59 Å². The molecule has 0 atom stereocenters. The average molecular weight is 370 g/mol. The highest BCUT2D eigenvalue weighted by atomic mass is 16.4. The summed E-state index contributed by atoms with van der Waals surface area (Å²) in [6, 6.07) is 9.04. The largest absolute Gasteiger partial charge is 0.478 e. The summed E-state index contributed by atoms with van der Waals surface area (Å²) in [6.45, 7) is 2.52. The molecule has 0 aliphatic rings. The molecule has 0 spiro atoms. The number of rotatable bonds is 6. The molecule has 2 aromatic rings. The van der Waals surface area contributed by atoms with Gasteiger partial charge in [0, 0.05) is 20.3 Å². The molecule has 0 aromatic heterocycles. The molecule has 2 aromatic carbocycles. The quantitative estimate of drug-likeness (QED) is 0.618. The lowest BCUT2D eigenvalue weighted by molar-refractivity contribution is -0.115. The number of hydrogen-bond donors (Lipinski definition) is 4. The van der Waals surface area contributed by atoms with Crippen molar-refractivity contribution in [1.82, 2.24) is 0 Å². The van der Waals surface area contributed by atoms with Crippen molar-refractivity contribution in [2.45, 2.75) is 20.3 Å². The van der Waals surface area contributed by atoms with Crippen molar-refractivity contribution in [3.05, 3.63) is 58.7 Å². The topological polar surface area (TPSA) is 133 Å². The number of benzene rings is 2. The van der Waals surface area contributed by atoms with Gasteiger partial charge in [0.2, 0.25) is 11.8 Å². The van der Waals surface area contributed by atoms with Crippen LogP contribution in [0.15, 0.2) is 36.4 Å². The Morgan fingerprint density at radius 3 is 1.41 bits per heavy atom. The molecule has 2 amide bonds. The third-order valence-corrected chi connectivity index (χ3v) is 3.75. The molecule has 27 heavy (non-hydrogen) atoms. The van der Waals surface area contributed by atoms with Crippen molar-refractivity contribution in [3.8, 4) is 0 Å². The normalized spacial score (nSPS) is 10.1. The maximum atomic E-state index is 11.5. The number of amides is 2. The first-order valence-corrected chi connectivity index (χ1v) is 7.96. The van der Waals surface area contributed by atoms with Crippen LogP contribution in [-0.2, 0) is 16.0 Å². The van der Waals surface area contributed by atoms with E-state index in [0.717, 1.165) is 0 Å². The van der Waals surface area contributed by atoms with Gasteiger partial charge in [0.05, 0.1) is 22.5 Å². The molecule has 140 valence electrons. The zero-order chi connectivity index (χ0) is 20.1. The molecule has 8 nitrogen and oxygen atoms in total. The lowest BCUT2D eigenvalue weighted by Crippen LogP contribution is -2.15. The van der Waals surface area contributed by atoms with Gasteiger partial charge in [-0.3, -0.25) is 9.59 Å². The first kappa shape index (κ1) is 19.6. The van der Waals surface area contributed by atoms with Crippen LogP contribution >= 0.6 is 0 Å². The van der Waals surface area contributed by atoms with E-state index in [0.29, 0.717) is 11.1 Å². The standard InChI is InChI=1S/C19H18N2O6/c1-10(22)20-16-12(5-3-7-14(16)18(24)25)9-13-6-4-8-15(19(26)27)17(13)21-11(2)23/h3-8H,9H2,1-2H3,(H,20,22)(H,21,23)(H,24,25)(H,26,27). The van der Waals surface area contributed by atoms with Gasteiger partial charge in [0.15, 0.2) is 0 Å². The molecule has 0 heterocycles. The predicted octanol–water partition coefficient (Wildman–Crippen LogP) is 2.59. The summed E-state index contributed by atoms with van der Waals surface area (Å²) in [6.07, 6.45) is 0.105. The SMILES string of the molecule is CC(=O)Nc1c(Cc2cccc(C(=O)O)c2NC(C)=O)cccc1C(=O)O. The molecule has 0 fully saturated rings. The van der Waals surface area contributed by atoms with Gasteiger partial charge in [-0.1, -0.05) is 24.3 Å². The minimum atomic E-state index is -1.21. The Morgan fingerprint density at radius 1 is 0.741 bits per heavy atom. The molecule has 0 radical (unpaired) electrons. The lowest BCUT2D eigenvalue weighted by Gasteiger charge is -2.16. The molecular formula is C19H18N2O6. The number of para-hydroxylation sites is 2. The Balaban J connectivity index is 2.60. The van der Waals surface area contributed by atoms with Crippen molar-refractivity contribution < 1.29 is 29.4 Å². The summed E-state index contributed by atoms with van der Waals surface area (Å²) >= 11 is 0. The third-order valence-electron chi connectivity index (χ3n) is 3.75. The summed E-state index contributed by atoms with van der Waals surface area (Å²) in [5, 5.41) is 23.8. The van der Waals surface area contributed by atoms with Crippen LogP contribution in [0.25, 0.3) is 0 Å². The van der Waals surface area contributed by atoms with Gasteiger partial charge < -0.3 is 20.8 Å². The minimum Gasteiger partial charge on any atom is -0.478 e. The number of aromatic carboxylic acids is 2. The Hall–Kier alpha value is -3.68. The maximum Gasteiger partial charge on any atom is 0.337 e. The van der Waals surface area contributed by atoms with E-state index in [1.54, 1.807) is 12.1 Å². The second-order valence-corrected chi connectivity index (χ2v) is 5.83. The monoisotopic (exact) mass is 370 g/mol. The smallest absolute Gasteiger partial charge is 0.337 e. The van der Waals surface area contributed by atoms with Gasteiger partial charge in [-0.2, -0.15) is 0 Å². The summed E-state index contributed by atoms with van der Waals surface area (Å²) in [7, 11) is 0. The van der Waals surface area contributed by atoms with E-state index in [9.17, 15) is 29.4 Å². The van der Waals surface area contributed by atoms with Gasteiger partial charge in [-0.05, 0) is 23.3 Å². The molecular weight excluding hydrogens is 352 g/mol. The first-order chi connectivity index (χ1) is 12.7. The van der Waals surface area contributed by atoms with Crippen LogP contribution in [0.4, 0.5) is 11.4 Å². The highest BCUT2D eigenvalue weighted by molar-refractivity contribution is 6.02. The number of carbonyl (C=O) groups excluding carboxylic acids is 2. The number of carboxylic acid groups (broad SMARTS) is 2. The third kappa shape index (κ3) is 4.69. The van der Waals surface area contributed by atoms with E-state index in [4.69, 9.17) is 0 Å². The van der Waals surface area contributed by atoms with Crippen molar-refractivity contribution in [1.29, 1.82) is 0 Å². The van der Waals surface area contributed by atoms with E-state index in [-0.39, 0.29) is 28.9 Å². The fourth-order valence-electron chi connectivity index (χ4n) is 2.70. The van der Waals surface area contributed by atoms with Crippen LogP contribution < -0.4 is 10.6 Å². The molecule has 4 N–H and O–H groups in total. The van der Waals surface area contributed by atoms with Gasteiger partial charge >= 0.3 is 11.9 Å². The fraction of sp³-hybridized carbons (Fsp3) is 0.158. The number of anilines is 2. The Morgan fingerprint density at radius 2 is 1.11 bits per heavy atom. The first-order valence-electron chi connectivity index (χ1n) is 7.96. The van der Waals surface area contributed by atoms with Crippen LogP contribution in [0.3, 0.4) is 0 Å². The molecule has 0 saturated carbocycles. The van der Waals surface area contributed by atoms with Crippen LogP contribution in [0.5, 0.6) is 0 Å². The number of nitrogens with one attached hydrogen (secondary N) is 2.